The first-order valence-corrected chi connectivity index (χ1v) is 6.18. The summed E-state index contributed by atoms with van der Waals surface area (Å²) in [4.78, 5) is 24.5. The van der Waals surface area contributed by atoms with Crippen LogP contribution in [0.5, 0.6) is 5.75 Å². The molecule has 1 aliphatic carbocycles. The number of aliphatic hydroxyl groups is 1. The molecular weight excluding hydrogens is 256 g/mol. The van der Waals surface area contributed by atoms with Gasteiger partial charge in [-0.05, 0) is 18.2 Å². The first-order chi connectivity index (χ1) is 9.33. The third kappa shape index (κ3) is 1.93. The van der Waals surface area contributed by atoms with Gasteiger partial charge in [-0.2, -0.15) is 0 Å². The van der Waals surface area contributed by atoms with Crippen molar-refractivity contribution in [3.63, 3.8) is 0 Å². The lowest BCUT2D eigenvalue weighted by molar-refractivity contribution is -0.112. The van der Waals surface area contributed by atoms with Crippen LogP contribution >= 0.6 is 0 Å². The molecule has 0 saturated carbocycles. The van der Waals surface area contributed by atoms with Gasteiger partial charge in [0.2, 0.25) is 11.6 Å². The lowest BCUT2D eigenvalue weighted by Crippen LogP contribution is -2.31. The number of hydrogen-bond acceptors (Lipinski definition) is 4. The Morgan fingerprint density at radius 2 is 1.85 bits per heavy atom. The standard InChI is InChI=1S/C16H16O4/c1-5-16(2,3)12-13(17)10-7-6-9(20-4)8-11(10)14(18)15(12)19/h5-8,17H,1H2,2-4H3. The van der Waals surface area contributed by atoms with Gasteiger partial charge < -0.3 is 9.84 Å². The monoisotopic (exact) mass is 272 g/mol. The van der Waals surface area contributed by atoms with Crippen LogP contribution in [0.3, 0.4) is 0 Å². The van der Waals surface area contributed by atoms with E-state index in [0.29, 0.717) is 11.3 Å². The van der Waals surface area contributed by atoms with Gasteiger partial charge in [0.1, 0.15) is 11.5 Å². The van der Waals surface area contributed by atoms with Crippen LogP contribution in [0.2, 0.25) is 0 Å². The third-order valence-corrected chi connectivity index (χ3v) is 3.55. The van der Waals surface area contributed by atoms with Crippen molar-refractivity contribution in [1.29, 1.82) is 0 Å². The minimum absolute atomic E-state index is 0.0789. The van der Waals surface area contributed by atoms with E-state index in [1.807, 2.05) is 0 Å². The second-order valence-corrected chi connectivity index (χ2v) is 5.22. The number of ketones is 2. The van der Waals surface area contributed by atoms with E-state index in [0.717, 1.165) is 0 Å². The molecule has 1 aromatic carbocycles. The van der Waals surface area contributed by atoms with Crippen LogP contribution in [0.15, 0.2) is 36.4 Å². The summed E-state index contributed by atoms with van der Waals surface area (Å²) >= 11 is 0. The summed E-state index contributed by atoms with van der Waals surface area (Å²) in [6.45, 7) is 7.11. The van der Waals surface area contributed by atoms with E-state index in [-0.39, 0.29) is 16.9 Å². The Morgan fingerprint density at radius 3 is 2.40 bits per heavy atom. The highest BCUT2D eigenvalue weighted by Gasteiger charge is 2.39. The van der Waals surface area contributed by atoms with E-state index < -0.39 is 17.0 Å². The molecule has 4 nitrogen and oxygen atoms in total. The molecule has 0 radical (unpaired) electrons. The molecule has 0 aromatic heterocycles. The molecular formula is C16H16O4. The topological polar surface area (TPSA) is 63.6 Å². The van der Waals surface area contributed by atoms with Gasteiger partial charge in [-0.1, -0.05) is 19.9 Å². The number of carbonyl (C=O) groups excluding carboxylic acids is 2. The number of allylic oxidation sites excluding steroid dienone is 2. The molecule has 0 saturated heterocycles. The Morgan fingerprint density at radius 1 is 1.20 bits per heavy atom. The molecule has 1 N–H and O–H groups in total. The Kier molecular flexibility index (Phi) is 3.26. The summed E-state index contributed by atoms with van der Waals surface area (Å²) in [7, 11) is 1.47. The molecule has 0 spiro atoms. The SMILES string of the molecule is C=CC(C)(C)C1=C(O)c2ccc(OC)cc2C(=O)C1=O. The fourth-order valence-corrected chi connectivity index (χ4v) is 2.22. The lowest BCUT2D eigenvalue weighted by atomic mass is 9.75. The summed E-state index contributed by atoms with van der Waals surface area (Å²) in [6.07, 6.45) is 1.54. The minimum Gasteiger partial charge on any atom is -0.507 e. The maximum Gasteiger partial charge on any atom is 0.234 e. The molecule has 0 atom stereocenters. The number of carbonyl (C=O) groups is 2. The van der Waals surface area contributed by atoms with Crippen molar-refractivity contribution in [1.82, 2.24) is 0 Å². The van der Waals surface area contributed by atoms with E-state index in [4.69, 9.17) is 4.74 Å². The average molecular weight is 272 g/mol. The van der Waals surface area contributed by atoms with Crippen LogP contribution in [0.4, 0.5) is 0 Å². The summed E-state index contributed by atoms with van der Waals surface area (Å²) in [5.74, 6) is -1.05. The van der Waals surface area contributed by atoms with Crippen LogP contribution in [0, 0.1) is 5.41 Å². The van der Waals surface area contributed by atoms with Gasteiger partial charge in [0.25, 0.3) is 0 Å². The van der Waals surface area contributed by atoms with Crippen molar-refractivity contribution in [2.45, 2.75) is 13.8 Å². The number of hydrogen-bond donors (Lipinski definition) is 1. The quantitative estimate of drug-likeness (QED) is 0.678. The Hall–Kier alpha value is -2.36. The highest BCUT2D eigenvalue weighted by molar-refractivity contribution is 6.52. The maximum absolute atomic E-state index is 12.2. The van der Waals surface area contributed by atoms with Gasteiger partial charge in [0.05, 0.1) is 12.7 Å². The Balaban J connectivity index is 2.75. The molecule has 0 fully saturated rings. The van der Waals surface area contributed by atoms with Gasteiger partial charge in [0, 0.05) is 16.5 Å². The summed E-state index contributed by atoms with van der Waals surface area (Å²) in [5, 5.41) is 10.4. The molecule has 20 heavy (non-hydrogen) atoms. The molecule has 0 unspecified atom stereocenters. The van der Waals surface area contributed by atoms with E-state index in [1.54, 1.807) is 26.0 Å². The lowest BCUT2D eigenvalue weighted by Gasteiger charge is -2.27. The van der Waals surface area contributed by atoms with Crippen molar-refractivity contribution in [3.8, 4) is 5.75 Å². The van der Waals surface area contributed by atoms with Gasteiger partial charge in [-0.25, -0.2) is 0 Å². The van der Waals surface area contributed by atoms with Crippen LogP contribution in [-0.2, 0) is 4.79 Å². The van der Waals surface area contributed by atoms with E-state index in [2.05, 4.69) is 6.58 Å². The van der Waals surface area contributed by atoms with Crippen molar-refractivity contribution >= 4 is 17.3 Å². The third-order valence-electron chi connectivity index (χ3n) is 3.55. The Labute approximate surface area is 117 Å². The first kappa shape index (κ1) is 14.1. The van der Waals surface area contributed by atoms with Crippen LogP contribution in [0.1, 0.15) is 29.8 Å². The molecule has 104 valence electrons. The highest BCUT2D eigenvalue weighted by atomic mass is 16.5. The minimum atomic E-state index is -0.783. The maximum atomic E-state index is 12.2. The summed E-state index contributed by atoms with van der Waals surface area (Å²) < 4.78 is 5.04. The largest absolute Gasteiger partial charge is 0.507 e. The second-order valence-electron chi connectivity index (χ2n) is 5.22. The average Bonchev–Trinajstić information content (AvgIpc) is 2.44. The van der Waals surface area contributed by atoms with Gasteiger partial charge >= 0.3 is 0 Å². The molecule has 2 rings (SSSR count). The Bertz CT molecular complexity index is 650. The fourth-order valence-electron chi connectivity index (χ4n) is 2.22. The summed E-state index contributed by atoms with van der Waals surface area (Å²) in [6, 6.07) is 4.67. The normalized spacial score (nSPS) is 15.2. The smallest absolute Gasteiger partial charge is 0.234 e. The van der Waals surface area contributed by atoms with Gasteiger partial charge in [0.15, 0.2) is 0 Å². The van der Waals surface area contributed by atoms with Crippen LogP contribution in [-0.4, -0.2) is 23.8 Å². The number of methoxy groups -OCH3 is 1. The van der Waals surface area contributed by atoms with E-state index >= 15 is 0 Å². The molecule has 1 aliphatic rings. The number of Topliss-reactive ketones (excluding diaryl/α,β-unsaturated/α-hetero) is 2. The predicted molar refractivity (Wildman–Crippen MR) is 75.9 cm³/mol. The zero-order chi connectivity index (χ0) is 15.1. The second kappa shape index (κ2) is 4.63. The fraction of sp³-hybridized carbons (Fsp3) is 0.250. The number of rotatable bonds is 3. The van der Waals surface area contributed by atoms with Crippen molar-refractivity contribution in [2.75, 3.05) is 7.11 Å². The van der Waals surface area contributed by atoms with Gasteiger partial charge in [-0.15, -0.1) is 6.58 Å². The van der Waals surface area contributed by atoms with Crippen LogP contribution in [0.25, 0.3) is 5.76 Å². The molecule has 4 heteroatoms. The molecule has 0 heterocycles. The number of fused-ring (bicyclic) bond motifs is 1. The number of aliphatic hydroxyl groups excluding tert-OH is 1. The van der Waals surface area contributed by atoms with Crippen molar-refractivity contribution in [3.05, 3.63) is 47.6 Å². The zero-order valence-corrected chi connectivity index (χ0v) is 11.7. The molecule has 1 aromatic rings. The van der Waals surface area contributed by atoms with Crippen molar-refractivity contribution < 1.29 is 19.4 Å². The number of ether oxygens (including phenoxy) is 1. The van der Waals surface area contributed by atoms with Crippen molar-refractivity contribution in [2.24, 2.45) is 5.41 Å². The zero-order valence-electron chi connectivity index (χ0n) is 11.7. The van der Waals surface area contributed by atoms with E-state index in [9.17, 15) is 14.7 Å². The number of benzene rings is 1. The summed E-state index contributed by atoms with van der Waals surface area (Å²) in [5.41, 5.74) is -0.194. The molecule has 0 aliphatic heterocycles. The molecule has 0 bridgehead atoms. The first-order valence-electron chi connectivity index (χ1n) is 6.18. The van der Waals surface area contributed by atoms with Crippen LogP contribution < -0.4 is 4.74 Å². The van der Waals surface area contributed by atoms with Gasteiger partial charge in [-0.3, -0.25) is 9.59 Å². The molecule has 0 amide bonds. The highest BCUT2D eigenvalue weighted by Crippen LogP contribution is 2.39. The van der Waals surface area contributed by atoms with E-state index in [1.165, 1.54) is 19.3 Å². The predicted octanol–water partition coefficient (Wildman–Crippen LogP) is 2.94.